The molecule has 0 aliphatic rings. The zero-order valence-corrected chi connectivity index (χ0v) is 15.9. The molecule has 2 aromatic heterocycles. The maximum absolute atomic E-state index is 12.6. The molecule has 7 heteroatoms. The molecule has 0 spiro atoms. The summed E-state index contributed by atoms with van der Waals surface area (Å²) in [4.78, 5) is 4.54. The van der Waals surface area contributed by atoms with E-state index in [-0.39, 0.29) is 16.9 Å². The van der Waals surface area contributed by atoms with Gasteiger partial charge in [0.1, 0.15) is 0 Å². The summed E-state index contributed by atoms with van der Waals surface area (Å²) in [6, 6.07) is 12.4. The van der Waals surface area contributed by atoms with Crippen LogP contribution in [0.1, 0.15) is 31.9 Å². The second kappa shape index (κ2) is 7.01. The van der Waals surface area contributed by atoms with Gasteiger partial charge in [-0.3, -0.25) is 0 Å². The van der Waals surface area contributed by atoms with Crippen molar-refractivity contribution in [3.63, 3.8) is 0 Å². The number of hydrogen-bond acceptors (Lipinski definition) is 4. The van der Waals surface area contributed by atoms with E-state index in [1.807, 2.05) is 18.2 Å². The van der Waals surface area contributed by atoms with Gasteiger partial charge in [0.15, 0.2) is 5.82 Å². The van der Waals surface area contributed by atoms with Crippen LogP contribution in [0.2, 0.25) is 0 Å². The number of nitrogens with zero attached hydrogens (tertiary/aromatic N) is 3. The molecule has 6 nitrogen and oxygen atoms in total. The van der Waals surface area contributed by atoms with Crippen molar-refractivity contribution >= 4 is 10.0 Å². The molecule has 0 saturated carbocycles. The average Bonchev–Trinajstić information content (AvgIpc) is 3.14. The van der Waals surface area contributed by atoms with Crippen LogP contribution in [0.4, 0.5) is 0 Å². The first-order valence-electron chi connectivity index (χ1n) is 8.31. The van der Waals surface area contributed by atoms with Crippen molar-refractivity contribution in [1.82, 2.24) is 19.5 Å². The minimum absolute atomic E-state index is 0.0237. The summed E-state index contributed by atoms with van der Waals surface area (Å²) in [5.74, 6) is 0.600. The Kier molecular flexibility index (Phi) is 4.93. The second-order valence-electron chi connectivity index (χ2n) is 7.04. The summed E-state index contributed by atoms with van der Waals surface area (Å²) in [5.41, 5.74) is 1.81. The Bertz CT molecular complexity index is 973. The fraction of sp³-hybridized carbons (Fsp3) is 0.263. The summed E-state index contributed by atoms with van der Waals surface area (Å²) in [5, 5.41) is 4.16. The summed E-state index contributed by atoms with van der Waals surface area (Å²) >= 11 is 0. The van der Waals surface area contributed by atoms with E-state index in [0.717, 1.165) is 11.1 Å². The van der Waals surface area contributed by atoms with Crippen LogP contribution < -0.4 is 4.72 Å². The van der Waals surface area contributed by atoms with Crippen molar-refractivity contribution in [1.29, 1.82) is 0 Å². The highest BCUT2D eigenvalue weighted by Crippen LogP contribution is 2.23. The van der Waals surface area contributed by atoms with Crippen LogP contribution >= 0.6 is 0 Å². The molecule has 3 rings (SSSR count). The fourth-order valence-corrected chi connectivity index (χ4v) is 3.57. The maximum atomic E-state index is 12.6. The van der Waals surface area contributed by atoms with Gasteiger partial charge < -0.3 is 0 Å². The third-order valence-electron chi connectivity index (χ3n) is 4.07. The van der Waals surface area contributed by atoms with Gasteiger partial charge >= 0.3 is 0 Å². The van der Waals surface area contributed by atoms with E-state index in [4.69, 9.17) is 0 Å². The third kappa shape index (κ3) is 4.00. The number of rotatable bonds is 5. The molecule has 0 amide bonds. The minimum Gasteiger partial charge on any atom is -0.237 e. The van der Waals surface area contributed by atoms with Crippen LogP contribution in [0.25, 0.3) is 5.82 Å². The van der Waals surface area contributed by atoms with Gasteiger partial charge in [-0.2, -0.15) is 5.10 Å². The highest BCUT2D eigenvalue weighted by molar-refractivity contribution is 7.89. The monoisotopic (exact) mass is 370 g/mol. The van der Waals surface area contributed by atoms with Crippen molar-refractivity contribution < 1.29 is 8.42 Å². The maximum Gasteiger partial charge on any atom is 0.240 e. The van der Waals surface area contributed by atoms with E-state index in [2.05, 4.69) is 35.6 Å². The zero-order valence-electron chi connectivity index (χ0n) is 15.0. The van der Waals surface area contributed by atoms with Gasteiger partial charge in [-0.25, -0.2) is 22.8 Å². The number of benzene rings is 1. The minimum atomic E-state index is -3.61. The lowest BCUT2D eigenvalue weighted by Crippen LogP contribution is -2.24. The number of nitrogens with one attached hydrogen (secondary N) is 1. The number of hydrogen-bond donors (Lipinski definition) is 1. The van der Waals surface area contributed by atoms with Gasteiger partial charge in [0.2, 0.25) is 10.0 Å². The molecule has 0 bridgehead atoms. The number of sulfonamides is 1. The van der Waals surface area contributed by atoms with E-state index in [0.29, 0.717) is 5.82 Å². The van der Waals surface area contributed by atoms with Crippen LogP contribution in [0.15, 0.2) is 66.0 Å². The van der Waals surface area contributed by atoms with Crippen LogP contribution in [-0.2, 0) is 22.0 Å². The van der Waals surface area contributed by atoms with Crippen molar-refractivity contribution in [3.8, 4) is 5.82 Å². The van der Waals surface area contributed by atoms with Crippen molar-refractivity contribution in [2.75, 3.05) is 0 Å². The molecule has 1 aromatic carbocycles. The van der Waals surface area contributed by atoms with Crippen LogP contribution in [0.5, 0.6) is 0 Å². The smallest absolute Gasteiger partial charge is 0.237 e. The predicted molar refractivity (Wildman–Crippen MR) is 101 cm³/mol. The first-order chi connectivity index (χ1) is 12.3. The molecule has 26 heavy (non-hydrogen) atoms. The van der Waals surface area contributed by atoms with Crippen molar-refractivity contribution in [2.45, 2.75) is 37.6 Å². The first-order valence-corrected chi connectivity index (χ1v) is 9.80. The second-order valence-corrected chi connectivity index (χ2v) is 8.80. The Hall–Kier alpha value is -2.51. The van der Waals surface area contributed by atoms with Gasteiger partial charge in [-0.15, -0.1) is 0 Å². The summed E-state index contributed by atoms with van der Waals surface area (Å²) in [6.45, 7) is 6.41. The Morgan fingerprint density at radius 1 is 1.04 bits per heavy atom. The highest BCUT2D eigenvalue weighted by Gasteiger charge is 2.18. The van der Waals surface area contributed by atoms with E-state index < -0.39 is 10.0 Å². The molecule has 0 unspecified atom stereocenters. The lowest BCUT2D eigenvalue weighted by molar-refractivity contribution is 0.578. The van der Waals surface area contributed by atoms with Gasteiger partial charge in [0.05, 0.1) is 4.90 Å². The molecule has 1 N–H and O–H groups in total. The molecule has 136 valence electrons. The third-order valence-corrected chi connectivity index (χ3v) is 5.49. The fourth-order valence-electron chi connectivity index (χ4n) is 2.56. The lowest BCUT2D eigenvalue weighted by atomic mass is 9.87. The first kappa shape index (κ1) is 18.3. The van der Waals surface area contributed by atoms with Gasteiger partial charge in [0, 0.05) is 30.7 Å². The van der Waals surface area contributed by atoms with Crippen LogP contribution in [0.3, 0.4) is 0 Å². The SMILES string of the molecule is CC(C)(C)c1ccc(S(=O)(=O)NCc2cccnc2-n2cccn2)cc1. The van der Waals surface area contributed by atoms with Crippen molar-refractivity contribution in [2.24, 2.45) is 0 Å². The molecule has 2 heterocycles. The Labute approximate surface area is 154 Å². The summed E-state index contributed by atoms with van der Waals surface area (Å²) in [6.07, 6.45) is 5.07. The Balaban J connectivity index is 1.80. The average molecular weight is 370 g/mol. The molecule has 3 aromatic rings. The predicted octanol–water partition coefficient (Wildman–Crippen LogP) is 3.04. The van der Waals surface area contributed by atoms with E-state index >= 15 is 0 Å². The van der Waals surface area contributed by atoms with Gasteiger partial charge in [0.25, 0.3) is 0 Å². The van der Waals surface area contributed by atoms with E-state index in [1.165, 1.54) is 0 Å². The van der Waals surface area contributed by atoms with Gasteiger partial charge in [-0.05, 0) is 35.2 Å². The zero-order chi connectivity index (χ0) is 18.8. The Morgan fingerprint density at radius 2 is 1.77 bits per heavy atom. The van der Waals surface area contributed by atoms with E-state index in [1.54, 1.807) is 47.5 Å². The number of aromatic nitrogens is 3. The molecular weight excluding hydrogens is 348 g/mol. The number of pyridine rings is 1. The normalized spacial score (nSPS) is 12.3. The standard InChI is InChI=1S/C19H22N4O2S/c1-19(2,3)16-7-9-17(10-8-16)26(24,25)22-14-15-6-4-11-20-18(15)23-13-5-12-21-23/h4-13,22H,14H2,1-3H3. The molecule has 0 saturated heterocycles. The van der Waals surface area contributed by atoms with Crippen molar-refractivity contribution in [3.05, 3.63) is 72.2 Å². The molecule has 0 fully saturated rings. The quantitative estimate of drug-likeness (QED) is 0.749. The van der Waals surface area contributed by atoms with Crippen LogP contribution in [-0.4, -0.2) is 23.2 Å². The van der Waals surface area contributed by atoms with E-state index in [9.17, 15) is 8.42 Å². The topological polar surface area (TPSA) is 76.9 Å². The molecular formula is C19H22N4O2S. The van der Waals surface area contributed by atoms with Crippen LogP contribution in [0, 0.1) is 0 Å². The molecule has 0 atom stereocenters. The lowest BCUT2D eigenvalue weighted by Gasteiger charge is -2.19. The Morgan fingerprint density at radius 3 is 2.38 bits per heavy atom. The summed E-state index contributed by atoms with van der Waals surface area (Å²) in [7, 11) is -3.61. The molecule has 0 aliphatic heterocycles. The largest absolute Gasteiger partial charge is 0.240 e. The van der Waals surface area contributed by atoms with Gasteiger partial charge in [-0.1, -0.05) is 39.0 Å². The molecule has 0 radical (unpaired) electrons. The summed E-state index contributed by atoms with van der Waals surface area (Å²) < 4.78 is 29.5. The molecule has 0 aliphatic carbocycles. The highest BCUT2D eigenvalue weighted by atomic mass is 32.2.